The highest BCUT2D eigenvalue weighted by molar-refractivity contribution is 5.26. The first-order valence-corrected chi connectivity index (χ1v) is 5.89. The quantitative estimate of drug-likeness (QED) is 0.821. The van der Waals surface area contributed by atoms with Crippen LogP contribution in [0.15, 0.2) is 18.7 Å². The highest BCUT2D eigenvalue weighted by Gasteiger charge is 2.04. The van der Waals surface area contributed by atoms with Crippen LogP contribution in [0.4, 0.5) is 5.95 Å². The number of imidazole rings is 1. The molecule has 0 aliphatic rings. The molecule has 0 aliphatic heterocycles. The van der Waals surface area contributed by atoms with Gasteiger partial charge in [-0.05, 0) is 6.42 Å². The minimum Gasteiger partial charge on any atom is -0.348 e. The minimum absolute atomic E-state index is 0.639. The van der Waals surface area contributed by atoms with Crippen LogP contribution in [-0.2, 0) is 20.1 Å². The number of unbranched alkanes of at least 4 members (excludes halogenated alkanes) is 1. The molecule has 0 saturated heterocycles. The van der Waals surface area contributed by atoms with Crippen molar-refractivity contribution in [3.63, 3.8) is 0 Å². The maximum absolute atomic E-state index is 4.29. The molecular weight excluding hydrogens is 216 g/mol. The lowest BCUT2D eigenvalue weighted by Crippen LogP contribution is -2.10. The second-order valence-corrected chi connectivity index (χ2v) is 4.01. The number of nitrogens with one attached hydrogen (secondary N) is 1. The van der Waals surface area contributed by atoms with Gasteiger partial charge < -0.3 is 14.5 Å². The molecule has 2 aromatic heterocycles. The molecule has 0 amide bonds. The number of anilines is 1. The molecule has 2 rings (SSSR count). The predicted molar refractivity (Wildman–Crippen MR) is 65.5 cm³/mol. The predicted octanol–water partition coefficient (Wildman–Crippen LogP) is 1.42. The molecule has 0 radical (unpaired) electrons. The van der Waals surface area contributed by atoms with Crippen molar-refractivity contribution in [1.82, 2.24) is 24.3 Å². The summed E-state index contributed by atoms with van der Waals surface area (Å²) in [6, 6.07) is 0. The fourth-order valence-corrected chi connectivity index (χ4v) is 1.61. The summed E-state index contributed by atoms with van der Waals surface area (Å²) >= 11 is 0. The summed E-state index contributed by atoms with van der Waals surface area (Å²) in [6.07, 6.45) is 7.85. The van der Waals surface area contributed by atoms with Gasteiger partial charge in [0.15, 0.2) is 5.82 Å². The van der Waals surface area contributed by atoms with E-state index in [1.165, 1.54) is 6.42 Å². The van der Waals surface area contributed by atoms with E-state index in [-0.39, 0.29) is 0 Å². The van der Waals surface area contributed by atoms with Gasteiger partial charge in [-0.3, -0.25) is 0 Å². The van der Waals surface area contributed by atoms with Crippen molar-refractivity contribution in [3.8, 4) is 0 Å². The Hall–Kier alpha value is -1.85. The number of aryl methyl sites for hydroxylation is 2. The van der Waals surface area contributed by atoms with E-state index in [1.807, 2.05) is 24.0 Å². The van der Waals surface area contributed by atoms with Crippen molar-refractivity contribution in [2.45, 2.75) is 32.9 Å². The third-order valence-corrected chi connectivity index (χ3v) is 2.68. The third kappa shape index (κ3) is 2.83. The smallest absolute Gasteiger partial charge is 0.203 e. The lowest BCUT2D eigenvalue weighted by molar-refractivity contribution is 0.633. The van der Waals surface area contributed by atoms with Crippen LogP contribution in [0.1, 0.15) is 25.6 Å². The average molecular weight is 234 g/mol. The van der Waals surface area contributed by atoms with E-state index in [4.69, 9.17) is 0 Å². The lowest BCUT2D eigenvalue weighted by Gasteiger charge is -2.08. The highest BCUT2D eigenvalue weighted by Crippen LogP contribution is 2.07. The molecule has 2 heterocycles. The molecule has 1 N–H and O–H groups in total. The van der Waals surface area contributed by atoms with Gasteiger partial charge in [0, 0.05) is 26.0 Å². The van der Waals surface area contributed by atoms with Crippen molar-refractivity contribution in [1.29, 1.82) is 0 Å². The van der Waals surface area contributed by atoms with Crippen LogP contribution in [0.25, 0.3) is 0 Å². The maximum atomic E-state index is 4.29. The zero-order valence-corrected chi connectivity index (χ0v) is 10.3. The first-order valence-electron chi connectivity index (χ1n) is 5.89. The lowest BCUT2D eigenvalue weighted by atomic mass is 10.3. The largest absolute Gasteiger partial charge is 0.348 e. The van der Waals surface area contributed by atoms with E-state index < -0.39 is 0 Å². The minimum atomic E-state index is 0.639. The Morgan fingerprint density at radius 2 is 2.29 bits per heavy atom. The Kier molecular flexibility index (Phi) is 3.74. The number of hydrogen-bond donors (Lipinski definition) is 1. The van der Waals surface area contributed by atoms with Crippen molar-refractivity contribution < 1.29 is 0 Å². The second-order valence-electron chi connectivity index (χ2n) is 4.01. The molecule has 2 aromatic rings. The van der Waals surface area contributed by atoms with Gasteiger partial charge in [0.1, 0.15) is 6.33 Å². The van der Waals surface area contributed by atoms with Crippen molar-refractivity contribution >= 4 is 5.95 Å². The fourth-order valence-electron chi connectivity index (χ4n) is 1.61. The summed E-state index contributed by atoms with van der Waals surface area (Å²) in [7, 11) is 1.93. The standard InChI is InChI=1S/C11H18N6/c1-3-4-6-17-7-5-12-11(17)13-8-10-15-14-9-16(10)2/h5,7,9H,3-4,6,8H2,1-2H3,(H,12,13). The fraction of sp³-hybridized carbons (Fsp3) is 0.545. The molecule has 0 bridgehead atoms. The van der Waals surface area contributed by atoms with Gasteiger partial charge in [-0.2, -0.15) is 0 Å². The number of hydrogen-bond acceptors (Lipinski definition) is 4. The average Bonchev–Trinajstić information content (AvgIpc) is 2.93. The summed E-state index contributed by atoms with van der Waals surface area (Å²) in [5.74, 6) is 1.79. The monoisotopic (exact) mass is 234 g/mol. The van der Waals surface area contributed by atoms with Gasteiger partial charge in [-0.25, -0.2) is 4.98 Å². The Morgan fingerprint density at radius 3 is 3.00 bits per heavy atom. The van der Waals surface area contributed by atoms with Crippen LogP contribution >= 0.6 is 0 Å². The van der Waals surface area contributed by atoms with Crippen LogP contribution in [0.3, 0.4) is 0 Å². The van der Waals surface area contributed by atoms with Gasteiger partial charge >= 0.3 is 0 Å². The zero-order chi connectivity index (χ0) is 12.1. The van der Waals surface area contributed by atoms with Crippen LogP contribution < -0.4 is 5.32 Å². The van der Waals surface area contributed by atoms with Crippen molar-refractivity contribution in [2.75, 3.05) is 5.32 Å². The summed E-state index contributed by atoms with van der Waals surface area (Å²) in [5.41, 5.74) is 0. The Labute approximate surface area is 101 Å². The Balaban J connectivity index is 1.95. The third-order valence-electron chi connectivity index (χ3n) is 2.68. The summed E-state index contributed by atoms with van der Waals surface area (Å²) in [6.45, 7) is 3.82. The van der Waals surface area contributed by atoms with E-state index in [0.29, 0.717) is 6.54 Å². The molecular formula is C11H18N6. The molecule has 0 aliphatic carbocycles. The van der Waals surface area contributed by atoms with Crippen LogP contribution in [0.5, 0.6) is 0 Å². The Morgan fingerprint density at radius 1 is 1.41 bits per heavy atom. The van der Waals surface area contributed by atoms with Gasteiger partial charge in [-0.15, -0.1) is 10.2 Å². The number of nitrogens with zero attached hydrogens (tertiary/aromatic N) is 5. The van der Waals surface area contributed by atoms with Gasteiger partial charge in [0.05, 0.1) is 6.54 Å². The maximum Gasteiger partial charge on any atom is 0.203 e. The van der Waals surface area contributed by atoms with Crippen LogP contribution in [0, 0.1) is 0 Å². The van der Waals surface area contributed by atoms with E-state index in [0.717, 1.165) is 24.7 Å². The van der Waals surface area contributed by atoms with E-state index in [9.17, 15) is 0 Å². The SMILES string of the molecule is CCCCn1ccnc1NCc1nncn1C. The molecule has 0 unspecified atom stereocenters. The summed E-state index contributed by atoms with van der Waals surface area (Å²) in [5, 5.41) is 11.1. The Bertz CT molecular complexity index is 458. The zero-order valence-electron chi connectivity index (χ0n) is 10.3. The summed E-state index contributed by atoms with van der Waals surface area (Å²) in [4.78, 5) is 4.29. The molecule has 17 heavy (non-hydrogen) atoms. The van der Waals surface area contributed by atoms with Crippen molar-refractivity contribution in [3.05, 3.63) is 24.5 Å². The summed E-state index contributed by atoms with van der Waals surface area (Å²) < 4.78 is 4.02. The number of aromatic nitrogens is 5. The van der Waals surface area contributed by atoms with E-state index in [1.54, 1.807) is 6.33 Å². The van der Waals surface area contributed by atoms with Gasteiger partial charge in [0.25, 0.3) is 0 Å². The normalized spacial score (nSPS) is 10.7. The first-order chi connectivity index (χ1) is 8.31. The van der Waals surface area contributed by atoms with Gasteiger partial charge in [-0.1, -0.05) is 13.3 Å². The topological polar surface area (TPSA) is 60.6 Å². The molecule has 0 atom stereocenters. The van der Waals surface area contributed by atoms with Crippen LogP contribution in [-0.4, -0.2) is 24.3 Å². The molecule has 0 saturated carbocycles. The van der Waals surface area contributed by atoms with E-state index in [2.05, 4.69) is 32.0 Å². The molecule has 0 spiro atoms. The van der Waals surface area contributed by atoms with Crippen LogP contribution in [0.2, 0.25) is 0 Å². The van der Waals surface area contributed by atoms with Crippen molar-refractivity contribution in [2.24, 2.45) is 7.05 Å². The molecule has 6 nitrogen and oxygen atoms in total. The first kappa shape index (κ1) is 11.6. The van der Waals surface area contributed by atoms with Gasteiger partial charge in [0.2, 0.25) is 5.95 Å². The molecule has 6 heteroatoms. The molecule has 92 valence electrons. The number of rotatable bonds is 6. The van der Waals surface area contributed by atoms with E-state index >= 15 is 0 Å². The molecule has 0 aromatic carbocycles. The molecule has 0 fully saturated rings. The second kappa shape index (κ2) is 5.47. The highest BCUT2D eigenvalue weighted by atomic mass is 15.3.